The number of methoxy groups -OCH3 is 1. The van der Waals surface area contributed by atoms with E-state index in [4.69, 9.17) is 9.84 Å². The van der Waals surface area contributed by atoms with E-state index in [1.165, 1.54) is 20.9 Å². The first-order valence-electron chi connectivity index (χ1n) is 8.35. The Bertz CT molecular complexity index is 731. The summed E-state index contributed by atoms with van der Waals surface area (Å²) in [5.74, 6) is -0.847. The maximum Gasteiger partial charge on any atom is 0.331 e. The molecule has 0 atom stereocenters. The van der Waals surface area contributed by atoms with Crippen LogP contribution in [0.5, 0.6) is 0 Å². The highest BCUT2D eigenvalue weighted by atomic mass is 32.1. The van der Waals surface area contributed by atoms with Crippen LogP contribution in [0, 0.1) is 13.8 Å². The van der Waals surface area contributed by atoms with Gasteiger partial charge < -0.3 is 9.84 Å². The summed E-state index contributed by atoms with van der Waals surface area (Å²) in [4.78, 5) is 13.7. The summed E-state index contributed by atoms with van der Waals surface area (Å²) in [5, 5.41) is 9.13. The van der Waals surface area contributed by atoms with Crippen LogP contribution in [0.4, 0.5) is 0 Å². The van der Waals surface area contributed by atoms with Crippen molar-refractivity contribution in [2.75, 3.05) is 7.11 Å². The van der Waals surface area contributed by atoms with Crippen molar-refractivity contribution >= 4 is 23.4 Å². The van der Waals surface area contributed by atoms with Crippen LogP contribution >= 0.6 is 11.3 Å². The lowest BCUT2D eigenvalue weighted by Crippen LogP contribution is -2.01. The summed E-state index contributed by atoms with van der Waals surface area (Å²) < 4.78 is 5.24. The van der Waals surface area contributed by atoms with Gasteiger partial charge in [-0.05, 0) is 50.8 Å². The molecule has 1 N–H and O–H groups in total. The van der Waals surface area contributed by atoms with Crippen molar-refractivity contribution in [1.82, 2.24) is 0 Å². The average Bonchev–Trinajstić information content (AvgIpc) is 2.80. The van der Waals surface area contributed by atoms with E-state index in [1.807, 2.05) is 39.0 Å². The van der Waals surface area contributed by atoms with Crippen LogP contribution in [-0.4, -0.2) is 18.2 Å². The third-order valence-electron chi connectivity index (χ3n) is 4.06. The molecule has 0 amide bonds. The van der Waals surface area contributed by atoms with Gasteiger partial charge in [0.1, 0.15) is 0 Å². The maximum absolute atomic E-state index is 11.1. The number of aliphatic carboxylic acids is 1. The number of allylic oxidation sites excluding steroid dienone is 6. The van der Waals surface area contributed by atoms with Crippen LogP contribution in [0.3, 0.4) is 0 Å². The van der Waals surface area contributed by atoms with Crippen LogP contribution in [-0.2, 0) is 16.1 Å². The monoisotopic (exact) mass is 360 g/mol. The molecule has 1 rings (SSSR count). The zero-order valence-electron chi connectivity index (χ0n) is 16.0. The molecule has 0 aliphatic carbocycles. The topological polar surface area (TPSA) is 46.5 Å². The number of carbonyl (C=O) groups is 1. The summed E-state index contributed by atoms with van der Waals surface area (Å²) >= 11 is 1.78. The molecular formula is C21H28O3S. The molecule has 0 spiro atoms. The highest BCUT2D eigenvalue weighted by molar-refractivity contribution is 7.12. The van der Waals surface area contributed by atoms with Gasteiger partial charge in [-0.15, -0.1) is 11.3 Å². The molecule has 1 aromatic rings. The number of aryl methyl sites for hydroxylation is 1. The third-order valence-corrected chi connectivity index (χ3v) is 5.26. The maximum atomic E-state index is 11.1. The zero-order valence-corrected chi connectivity index (χ0v) is 16.8. The number of rotatable bonds is 8. The van der Waals surface area contributed by atoms with Gasteiger partial charge in [0, 0.05) is 22.4 Å². The zero-order chi connectivity index (χ0) is 19.0. The number of ether oxygens (including phenoxy) is 1. The van der Waals surface area contributed by atoms with E-state index in [2.05, 4.69) is 26.0 Å². The van der Waals surface area contributed by atoms with Gasteiger partial charge in [-0.3, -0.25) is 0 Å². The lowest BCUT2D eigenvalue weighted by Gasteiger charge is -2.00. The molecule has 136 valence electrons. The Labute approximate surface area is 155 Å². The van der Waals surface area contributed by atoms with E-state index in [9.17, 15) is 4.79 Å². The number of hydrogen-bond donors (Lipinski definition) is 1. The predicted molar refractivity (Wildman–Crippen MR) is 107 cm³/mol. The Hall–Kier alpha value is -1.91. The highest BCUT2D eigenvalue weighted by Crippen LogP contribution is 2.29. The van der Waals surface area contributed by atoms with Crippen LogP contribution in [0.15, 0.2) is 41.0 Å². The SMILES string of the molecule is CCC(C(=O)O)=C(C)C=CC=C(C)C=Cc1c(C)sc(COC)c1C. The van der Waals surface area contributed by atoms with Crippen molar-refractivity contribution in [1.29, 1.82) is 0 Å². The molecular weight excluding hydrogens is 332 g/mol. The second-order valence-electron chi connectivity index (χ2n) is 5.98. The highest BCUT2D eigenvalue weighted by Gasteiger charge is 2.09. The molecule has 0 unspecified atom stereocenters. The van der Waals surface area contributed by atoms with E-state index in [0.29, 0.717) is 18.6 Å². The first-order valence-corrected chi connectivity index (χ1v) is 9.17. The Balaban J connectivity index is 2.90. The molecule has 0 fully saturated rings. The van der Waals surface area contributed by atoms with Crippen LogP contribution in [0.1, 0.15) is 48.1 Å². The van der Waals surface area contributed by atoms with Gasteiger partial charge in [0.05, 0.1) is 6.61 Å². The molecule has 0 bridgehead atoms. The fraction of sp³-hybridized carbons (Fsp3) is 0.381. The summed E-state index contributed by atoms with van der Waals surface area (Å²) in [7, 11) is 1.72. The third kappa shape index (κ3) is 6.15. The fourth-order valence-corrected chi connectivity index (χ4v) is 3.70. The smallest absolute Gasteiger partial charge is 0.331 e. The first-order chi connectivity index (χ1) is 11.8. The van der Waals surface area contributed by atoms with Gasteiger partial charge in [0.25, 0.3) is 0 Å². The molecule has 3 nitrogen and oxygen atoms in total. The van der Waals surface area contributed by atoms with Gasteiger partial charge in [-0.2, -0.15) is 0 Å². The quantitative estimate of drug-likeness (QED) is 0.468. The molecule has 0 saturated carbocycles. The summed E-state index contributed by atoms with van der Waals surface area (Å²) in [6.07, 6.45) is 10.5. The molecule has 4 heteroatoms. The lowest BCUT2D eigenvalue weighted by atomic mass is 10.1. The Morgan fingerprint density at radius 2 is 1.92 bits per heavy atom. The number of hydrogen-bond acceptors (Lipinski definition) is 3. The van der Waals surface area contributed by atoms with Crippen LogP contribution in [0.25, 0.3) is 6.08 Å². The van der Waals surface area contributed by atoms with E-state index in [1.54, 1.807) is 18.4 Å². The van der Waals surface area contributed by atoms with Crippen molar-refractivity contribution < 1.29 is 14.6 Å². The Morgan fingerprint density at radius 3 is 2.48 bits per heavy atom. The van der Waals surface area contributed by atoms with Gasteiger partial charge in [-0.1, -0.05) is 42.9 Å². The minimum atomic E-state index is -0.847. The average molecular weight is 361 g/mol. The summed E-state index contributed by atoms with van der Waals surface area (Å²) in [5.41, 5.74) is 4.88. The number of carboxylic acid groups (broad SMARTS) is 1. The van der Waals surface area contributed by atoms with Crippen LogP contribution in [0.2, 0.25) is 0 Å². The first kappa shape index (κ1) is 21.1. The molecule has 0 aliphatic rings. The minimum absolute atomic E-state index is 0.452. The fourth-order valence-electron chi connectivity index (χ4n) is 2.56. The lowest BCUT2D eigenvalue weighted by molar-refractivity contribution is -0.132. The van der Waals surface area contributed by atoms with Gasteiger partial charge >= 0.3 is 5.97 Å². The number of carboxylic acids is 1. The second kappa shape index (κ2) is 10.2. The van der Waals surface area contributed by atoms with Gasteiger partial charge in [-0.25, -0.2) is 4.79 Å². The predicted octanol–water partition coefficient (Wildman–Crippen LogP) is 5.84. The van der Waals surface area contributed by atoms with Crippen LogP contribution < -0.4 is 0 Å². The molecule has 1 aromatic heterocycles. The van der Waals surface area contributed by atoms with Crippen molar-refractivity contribution in [3.8, 4) is 0 Å². The van der Waals surface area contributed by atoms with Crippen molar-refractivity contribution in [3.05, 3.63) is 61.9 Å². The van der Waals surface area contributed by atoms with Gasteiger partial charge in [0.2, 0.25) is 0 Å². The van der Waals surface area contributed by atoms with E-state index in [0.717, 1.165) is 11.1 Å². The number of thiophene rings is 1. The Morgan fingerprint density at radius 1 is 1.24 bits per heavy atom. The molecule has 0 aliphatic heterocycles. The normalized spacial score (nSPS) is 13.8. The van der Waals surface area contributed by atoms with Gasteiger partial charge in [0.15, 0.2) is 0 Å². The van der Waals surface area contributed by atoms with Crippen molar-refractivity contribution in [2.24, 2.45) is 0 Å². The van der Waals surface area contributed by atoms with Crippen molar-refractivity contribution in [2.45, 2.75) is 47.6 Å². The molecule has 0 radical (unpaired) electrons. The molecule has 0 aromatic carbocycles. The largest absolute Gasteiger partial charge is 0.478 e. The Kier molecular flexibility index (Phi) is 8.59. The summed E-state index contributed by atoms with van der Waals surface area (Å²) in [6.45, 7) is 10.6. The molecule has 1 heterocycles. The molecule has 25 heavy (non-hydrogen) atoms. The molecule has 0 saturated heterocycles. The minimum Gasteiger partial charge on any atom is -0.478 e. The van der Waals surface area contributed by atoms with Crippen molar-refractivity contribution in [3.63, 3.8) is 0 Å². The van der Waals surface area contributed by atoms with E-state index >= 15 is 0 Å². The summed E-state index contributed by atoms with van der Waals surface area (Å²) in [6, 6.07) is 0. The van der Waals surface area contributed by atoms with E-state index < -0.39 is 5.97 Å². The van der Waals surface area contributed by atoms with E-state index in [-0.39, 0.29) is 0 Å². The second-order valence-corrected chi connectivity index (χ2v) is 7.29. The standard InChI is InChI=1S/C21H28O3S/c1-7-18(21(22)23)15(3)10-8-9-14(2)11-12-19-16(4)20(13-24-6)25-17(19)5/h8-12H,7,13H2,1-6H3,(H,22,23).